The average molecular weight is 400 g/mol. The van der Waals surface area contributed by atoms with Crippen LogP contribution < -0.4 is 10.6 Å². The molecule has 4 aromatic rings. The number of aryl methyl sites for hydroxylation is 2. The van der Waals surface area contributed by atoms with Crippen LogP contribution in [0.1, 0.15) is 28.5 Å². The Hall–Kier alpha value is -4.00. The molecule has 0 atom stereocenters. The third kappa shape index (κ3) is 3.91. The summed E-state index contributed by atoms with van der Waals surface area (Å²) in [5, 5.41) is 10.1. The molecule has 2 heterocycles. The monoisotopic (exact) mass is 400 g/mol. The number of benzene rings is 2. The van der Waals surface area contributed by atoms with Gasteiger partial charge >= 0.3 is 0 Å². The van der Waals surface area contributed by atoms with Crippen molar-refractivity contribution in [3.63, 3.8) is 0 Å². The van der Waals surface area contributed by atoms with Crippen LogP contribution in [0.5, 0.6) is 0 Å². The normalized spacial score (nSPS) is 10.8. The zero-order valence-corrected chi connectivity index (χ0v) is 16.8. The molecule has 0 bridgehead atoms. The molecular weight excluding hydrogens is 380 g/mol. The molecule has 0 saturated heterocycles. The molecule has 30 heavy (non-hydrogen) atoms. The quantitative estimate of drug-likeness (QED) is 0.517. The summed E-state index contributed by atoms with van der Waals surface area (Å²) >= 11 is 0. The number of anilines is 2. The summed E-state index contributed by atoms with van der Waals surface area (Å²) in [6, 6.07) is 16.6. The van der Waals surface area contributed by atoms with Crippen LogP contribution in [-0.2, 0) is 4.79 Å². The summed E-state index contributed by atoms with van der Waals surface area (Å²) < 4.78 is 5.35. The summed E-state index contributed by atoms with van der Waals surface area (Å²) in [4.78, 5) is 29.0. The topological polar surface area (TPSA) is 97.1 Å². The molecule has 0 spiro atoms. The van der Waals surface area contributed by atoms with Crippen molar-refractivity contribution in [2.45, 2.75) is 20.8 Å². The highest BCUT2D eigenvalue weighted by Gasteiger charge is 2.19. The van der Waals surface area contributed by atoms with Gasteiger partial charge in [0.25, 0.3) is 11.6 Å². The first-order valence-electron chi connectivity index (χ1n) is 9.44. The maximum atomic E-state index is 13.2. The third-order valence-electron chi connectivity index (χ3n) is 4.65. The molecule has 0 aliphatic rings. The fraction of sp³-hybridized carbons (Fsp3) is 0.130. The molecule has 2 N–H and O–H groups in total. The van der Waals surface area contributed by atoms with Crippen LogP contribution in [0.3, 0.4) is 0 Å². The van der Waals surface area contributed by atoms with Crippen molar-refractivity contribution in [1.29, 1.82) is 0 Å². The zero-order valence-electron chi connectivity index (χ0n) is 16.8. The van der Waals surface area contributed by atoms with E-state index in [2.05, 4.69) is 20.8 Å². The largest absolute Gasteiger partial charge is 0.335 e. The average Bonchev–Trinajstić information content (AvgIpc) is 3.08. The van der Waals surface area contributed by atoms with Crippen molar-refractivity contribution in [3.8, 4) is 11.3 Å². The summed E-state index contributed by atoms with van der Waals surface area (Å²) in [6.45, 7) is 5.21. The second-order valence-corrected chi connectivity index (χ2v) is 7.09. The van der Waals surface area contributed by atoms with E-state index in [4.69, 9.17) is 4.52 Å². The van der Waals surface area contributed by atoms with Gasteiger partial charge in [0.2, 0.25) is 5.91 Å². The van der Waals surface area contributed by atoms with Crippen LogP contribution in [0.4, 0.5) is 11.4 Å². The molecule has 0 saturated carbocycles. The van der Waals surface area contributed by atoms with E-state index in [0.29, 0.717) is 39.4 Å². The predicted octanol–water partition coefficient (Wildman–Crippen LogP) is 4.72. The van der Waals surface area contributed by atoms with E-state index in [1.54, 1.807) is 37.3 Å². The Kier molecular flexibility index (Phi) is 5.02. The second-order valence-electron chi connectivity index (χ2n) is 7.09. The van der Waals surface area contributed by atoms with Crippen LogP contribution >= 0.6 is 0 Å². The van der Waals surface area contributed by atoms with Crippen molar-refractivity contribution >= 4 is 34.3 Å². The van der Waals surface area contributed by atoms with Crippen LogP contribution in [0, 0.1) is 13.8 Å². The highest BCUT2D eigenvalue weighted by Crippen LogP contribution is 2.28. The Balaban J connectivity index is 1.73. The molecule has 0 aliphatic carbocycles. The van der Waals surface area contributed by atoms with Gasteiger partial charge in [0, 0.05) is 23.9 Å². The van der Waals surface area contributed by atoms with Gasteiger partial charge in [-0.3, -0.25) is 9.59 Å². The Morgan fingerprint density at radius 1 is 0.933 bits per heavy atom. The number of amides is 2. The fourth-order valence-electron chi connectivity index (χ4n) is 3.22. The van der Waals surface area contributed by atoms with Gasteiger partial charge in [0.1, 0.15) is 0 Å². The van der Waals surface area contributed by atoms with E-state index >= 15 is 0 Å². The first-order valence-corrected chi connectivity index (χ1v) is 9.44. The minimum absolute atomic E-state index is 0.183. The Morgan fingerprint density at radius 2 is 1.63 bits per heavy atom. The second kappa shape index (κ2) is 7.79. The van der Waals surface area contributed by atoms with Crippen LogP contribution in [0.2, 0.25) is 0 Å². The van der Waals surface area contributed by atoms with Crippen LogP contribution in [0.25, 0.3) is 22.4 Å². The number of nitrogens with one attached hydrogen (secondary N) is 2. The lowest BCUT2D eigenvalue weighted by Gasteiger charge is -2.10. The SMILES string of the molecule is CC(=O)Nc1cccc(NC(=O)c2cc(-c3ccc(C)cc3)nc3onc(C)c23)c1. The number of aromatic nitrogens is 2. The van der Waals surface area contributed by atoms with Gasteiger partial charge in [0.15, 0.2) is 0 Å². The van der Waals surface area contributed by atoms with E-state index < -0.39 is 0 Å². The molecule has 0 aliphatic heterocycles. The molecule has 7 heteroatoms. The Bertz CT molecular complexity index is 1260. The lowest BCUT2D eigenvalue weighted by Crippen LogP contribution is -2.13. The number of nitrogens with zero attached hydrogens (tertiary/aromatic N) is 2. The number of hydrogen-bond acceptors (Lipinski definition) is 5. The third-order valence-corrected chi connectivity index (χ3v) is 4.65. The van der Waals surface area contributed by atoms with Gasteiger partial charge < -0.3 is 15.2 Å². The molecule has 0 unspecified atom stereocenters. The molecule has 150 valence electrons. The maximum absolute atomic E-state index is 13.2. The van der Waals surface area contributed by atoms with Crippen molar-refractivity contribution in [1.82, 2.24) is 10.1 Å². The van der Waals surface area contributed by atoms with Crippen molar-refractivity contribution in [3.05, 3.63) is 71.4 Å². The van der Waals surface area contributed by atoms with Gasteiger partial charge in [-0.1, -0.05) is 41.1 Å². The fourth-order valence-corrected chi connectivity index (χ4v) is 3.22. The van der Waals surface area contributed by atoms with Crippen LogP contribution in [-0.4, -0.2) is 22.0 Å². The van der Waals surface area contributed by atoms with Gasteiger partial charge in [-0.2, -0.15) is 0 Å². The van der Waals surface area contributed by atoms with Gasteiger partial charge in [0.05, 0.1) is 22.3 Å². The van der Waals surface area contributed by atoms with E-state index in [9.17, 15) is 9.59 Å². The van der Waals surface area contributed by atoms with E-state index in [0.717, 1.165) is 11.1 Å². The molecular formula is C23H20N4O3. The first kappa shape index (κ1) is 19.3. The molecule has 4 rings (SSSR count). The van der Waals surface area contributed by atoms with Gasteiger partial charge in [-0.25, -0.2) is 4.98 Å². The summed E-state index contributed by atoms with van der Waals surface area (Å²) in [5.74, 6) is -0.501. The van der Waals surface area contributed by atoms with Crippen molar-refractivity contribution in [2.75, 3.05) is 10.6 Å². The van der Waals surface area contributed by atoms with E-state index in [-0.39, 0.29) is 11.8 Å². The molecule has 0 fully saturated rings. The highest BCUT2D eigenvalue weighted by atomic mass is 16.5. The summed E-state index contributed by atoms with van der Waals surface area (Å²) in [7, 11) is 0. The Labute approximate surface area is 173 Å². The summed E-state index contributed by atoms with van der Waals surface area (Å²) in [6.07, 6.45) is 0. The predicted molar refractivity (Wildman–Crippen MR) is 115 cm³/mol. The van der Waals surface area contributed by atoms with Crippen molar-refractivity contribution < 1.29 is 14.1 Å². The zero-order chi connectivity index (χ0) is 21.3. The highest BCUT2D eigenvalue weighted by molar-refractivity contribution is 6.13. The molecule has 2 aromatic carbocycles. The number of carbonyl (C=O) groups is 2. The minimum Gasteiger partial charge on any atom is -0.335 e. The molecule has 7 nitrogen and oxygen atoms in total. The number of carbonyl (C=O) groups excluding carboxylic acids is 2. The Morgan fingerprint density at radius 3 is 2.33 bits per heavy atom. The number of pyridine rings is 1. The molecule has 2 aromatic heterocycles. The lowest BCUT2D eigenvalue weighted by molar-refractivity contribution is -0.114. The van der Waals surface area contributed by atoms with Gasteiger partial charge in [-0.15, -0.1) is 0 Å². The van der Waals surface area contributed by atoms with Gasteiger partial charge in [-0.05, 0) is 38.1 Å². The van der Waals surface area contributed by atoms with Crippen molar-refractivity contribution in [2.24, 2.45) is 0 Å². The first-order chi connectivity index (χ1) is 14.4. The summed E-state index contributed by atoms with van der Waals surface area (Å²) in [5.41, 5.74) is 5.09. The van der Waals surface area contributed by atoms with Crippen LogP contribution in [0.15, 0.2) is 59.1 Å². The smallest absolute Gasteiger partial charge is 0.259 e. The number of rotatable bonds is 4. The van der Waals surface area contributed by atoms with E-state index in [1.165, 1.54) is 6.92 Å². The maximum Gasteiger partial charge on any atom is 0.259 e. The molecule has 0 radical (unpaired) electrons. The molecule has 2 amide bonds. The number of hydrogen-bond donors (Lipinski definition) is 2. The van der Waals surface area contributed by atoms with E-state index in [1.807, 2.05) is 31.2 Å². The minimum atomic E-state index is -0.318. The lowest BCUT2D eigenvalue weighted by atomic mass is 10.0. The number of fused-ring (bicyclic) bond motifs is 1. The standard InChI is InChI=1S/C23H20N4O3/c1-13-7-9-16(10-8-13)20-12-19(21-14(2)27-30-23(21)26-20)22(29)25-18-6-4-5-17(11-18)24-15(3)28/h4-12H,1-3H3,(H,24,28)(H,25,29).